The summed E-state index contributed by atoms with van der Waals surface area (Å²) in [5, 5.41) is 0. The zero-order valence-corrected chi connectivity index (χ0v) is 11.1. The van der Waals surface area contributed by atoms with Gasteiger partial charge in [0.15, 0.2) is 0 Å². The summed E-state index contributed by atoms with van der Waals surface area (Å²) in [6, 6.07) is 19.1. The van der Waals surface area contributed by atoms with Gasteiger partial charge in [-0.15, -0.1) is 0 Å². The van der Waals surface area contributed by atoms with Crippen LogP contribution in [-0.4, -0.2) is 0 Å². The zero-order chi connectivity index (χ0) is 12.5. The van der Waals surface area contributed by atoms with Crippen LogP contribution in [0.15, 0.2) is 54.6 Å². The van der Waals surface area contributed by atoms with E-state index in [2.05, 4.69) is 69.3 Å². The fourth-order valence-electron chi connectivity index (χ4n) is 1.54. The summed E-state index contributed by atoms with van der Waals surface area (Å²) in [5.41, 5.74) is 4.17. The van der Waals surface area contributed by atoms with Crippen molar-refractivity contribution in [3.05, 3.63) is 71.3 Å². The van der Waals surface area contributed by atoms with E-state index < -0.39 is 0 Å². The quantitative estimate of drug-likeness (QED) is 0.612. The standard InChI is InChI=1S/C9H12.C8H10.2CH4/c1-3-9-6-4-8(2)5-7-9;1-2-8-6-4-3-5-7-8;;/h4-7H,3H2,1-2H3;3-7H,2H2,1H3;2*1H4. The number of benzene rings is 2. The van der Waals surface area contributed by atoms with Crippen molar-refractivity contribution in [3.8, 4) is 0 Å². The van der Waals surface area contributed by atoms with Crippen LogP contribution in [0.4, 0.5) is 0 Å². The van der Waals surface area contributed by atoms with E-state index in [0.717, 1.165) is 12.8 Å². The van der Waals surface area contributed by atoms with Crippen molar-refractivity contribution < 1.29 is 0 Å². The first kappa shape index (κ1) is 19.8. The van der Waals surface area contributed by atoms with Crippen molar-refractivity contribution in [1.82, 2.24) is 0 Å². The molecule has 0 aromatic heterocycles. The maximum atomic E-state index is 2.18. The lowest BCUT2D eigenvalue weighted by molar-refractivity contribution is 1.14. The second-order valence-electron chi connectivity index (χ2n) is 4.18. The molecule has 0 fully saturated rings. The molecule has 0 heterocycles. The molecule has 2 aromatic carbocycles. The molecule has 0 unspecified atom stereocenters. The lowest BCUT2D eigenvalue weighted by Crippen LogP contribution is -1.77. The Balaban J connectivity index is 0. The Morgan fingerprint density at radius 3 is 1.42 bits per heavy atom. The summed E-state index contributed by atoms with van der Waals surface area (Å²) in [5.74, 6) is 0. The third-order valence-electron chi connectivity index (χ3n) is 2.78. The molecule has 2 aromatic rings. The van der Waals surface area contributed by atoms with Crippen LogP contribution in [0, 0.1) is 6.92 Å². The first-order chi connectivity index (χ1) is 8.26. The van der Waals surface area contributed by atoms with Crippen LogP contribution in [0.3, 0.4) is 0 Å². The van der Waals surface area contributed by atoms with Crippen LogP contribution in [0.2, 0.25) is 0 Å². The number of hydrogen-bond donors (Lipinski definition) is 0. The average molecular weight is 258 g/mol. The van der Waals surface area contributed by atoms with Crippen LogP contribution < -0.4 is 0 Å². The minimum Gasteiger partial charge on any atom is -0.0776 e. The molecule has 2 rings (SSSR count). The number of rotatable bonds is 2. The molecule has 0 nitrogen and oxygen atoms in total. The lowest BCUT2D eigenvalue weighted by Gasteiger charge is -1.94. The molecule has 0 radical (unpaired) electrons. The second-order valence-corrected chi connectivity index (χ2v) is 4.18. The van der Waals surface area contributed by atoms with Crippen molar-refractivity contribution in [2.75, 3.05) is 0 Å². The Bertz CT molecular complexity index is 398. The third-order valence-corrected chi connectivity index (χ3v) is 2.78. The van der Waals surface area contributed by atoms with Gasteiger partial charge in [-0.05, 0) is 30.9 Å². The van der Waals surface area contributed by atoms with E-state index >= 15 is 0 Å². The number of hydrogen-bond acceptors (Lipinski definition) is 0. The Labute approximate surface area is 120 Å². The van der Waals surface area contributed by atoms with E-state index in [1.807, 2.05) is 6.07 Å². The molecule has 0 N–H and O–H groups in total. The smallest absolute Gasteiger partial charge is 0.0307 e. The van der Waals surface area contributed by atoms with E-state index in [9.17, 15) is 0 Å². The molecule has 0 saturated heterocycles. The molecular weight excluding hydrogens is 228 g/mol. The summed E-state index contributed by atoms with van der Waals surface area (Å²) in [6.07, 6.45) is 2.28. The van der Waals surface area contributed by atoms with E-state index in [4.69, 9.17) is 0 Å². The van der Waals surface area contributed by atoms with Crippen molar-refractivity contribution in [2.45, 2.75) is 48.5 Å². The average Bonchev–Trinajstić information content (AvgIpc) is 2.41. The van der Waals surface area contributed by atoms with Crippen molar-refractivity contribution >= 4 is 0 Å². The minimum atomic E-state index is 0. The van der Waals surface area contributed by atoms with E-state index in [1.54, 1.807) is 0 Å². The van der Waals surface area contributed by atoms with Gasteiger partial charge in [0.05, 0.1) is 0 Å². The topological polar surface area (TPSA) is 0 Å². The normalized spacial score (nSPS) is 8.37. The molecule has 0 aliphatic heterocycles. The third kappa shape index (κ3) is 8.20. The molecule has 0 atom stereocenters. The summed E-state index contributed by atoms with van der Waals surface area (Å²) in [6.45, 7) is 6.44. The van der Waals surface area contributed by atoms with Crippen LogP contribution in [-0.2, 0) is 12.8 Å². The van der Waals surface area contributed by atoms with Gasteiger partial charge in [0.1, 0.15) is 0 Å². The first-order valence-corrected chi connectivity index (χ1v) is 6.35. The van der Waals surface area contributed by atoms with E-state index in [-0.39, 0.29) is 14.9 Å². The van der Waals surface area contributed by atoms with Gasteiger partial charge in [-0.1, -0.05) is 88.9 Å². The molecule has 0 amide bonds. The summed E-state index contributed by atoms with van der Waals surface area (Å²) in [7, 11) is 0. The SMILES string of the molecule is C.C.CCc1ccc(C)cc1.CCc1ccccc1. The highest BCUT2D eigenvalue weighted by Gasteiger charge is 1.84. The maximum Gasteiger partial charge on any atom is -0.0307 e. The molecule has 0 heteroatoms. The molecular formula is C19H30. The van der Waals surface area contributed by atoms with Crippen molar-refractivity contribution in [2.24, 2.45) is 0 Å². The van der Waals surface area contributed by atoms with Gasteiger partial charge in [-0.3, -0.25) is 0 Å². The predicted octanol–water partition coefficient (Wildman–Crippen LogP) is 6.08. The highest BCUT2D eigenvalue weighted by Crippen LogP contribution is 2.02. The highest BCUT2D eigenvalue weighted by atomic mass is 13.9. The Morgan fingerprint density at radius 1 is 0.632 bits per heavy atom. The van der Waals surface area contributed by atoms with E-state index in [1.165, 1.54) is 16.7 Å². The molecule has 0 saturated carbocycles. The largest absolute Gasteiger partial charge is 0.0776 e. The van der Waals surface area contributed by atoms with Crippen LogP contribution in [0.5, 0.6) is 0 Å². The van der Waals surface area contributed by atoms with Gasteiger partial charge in [-0.2, -0.15) is 0 Å². The molecule has 0 aliphatic carbocycles. The number of aryl methyl sites for hydroxylation is 3. The molecule has 0 spiro atoms. The monoisotopic (exact) mass is 258 g/mol. The van der Waals surface area contributed by atoms with Gasteiger partial charge in [0.2, 0.25) is 0 Å². The molecule has 19 heavy (non-hydrogen) atoms. The van der Waals surface area contributed by atoms with Gasteiger partial charge < -0.3 is 0 Å². The Morgan fingerprint density at radius 2 is 1.05 bits per heavy atom. The summed E-state index contributed by atoms with van der Waals surface area (Å²) >= 11 is 0. The van der Waals surface area contributed by atoms with Crippen molar-refractivity contribution in [1.29, 1.82) is 0 Å². The fourth-order valence-corrected chi connectivity index (χ4v) is 1.54. The van der Waals surface area contributed by atoms with Crippen LogP contribution in [0.1, 0.15) is 45.4 Å². The highest BCUT2D eigenvalue weighted by molar-refractivity contribution is 5.20. The van der Waals surface area contributed by atoms with Crippen molar-refractivity contribution in [3.63, 3.8) is 0 Å². The summed E-state index contributed by atoms with van der Waals surface area (Å²) < 4.78 is 0. The van der Waals surface area contributed by atoms with Gasteiger partial charge >= 0.3 is 0 Å². The molecule has 106 valence electrons. The molecule has 0 bridgehead atoms. The Kier molecular flexibility index (Phi) is 12.0. The minimum absolute atomic E-state index is 0. The van der Waals surface area contributed by atoms with Gasteiger partial charge in [0.25, 0.3) is 0 Å². The first-order valence-electron chi connectivity index (χ1n) is 6.35. The van der Waals surface area contributed by atoms with E-state index in [0.29, 0.717) is 0 Å². The molecule has 0 aliphatic rings. The maximum absolute atomic E-state index is 2.18. The fraction of sp³-hybridized carbons (Fsp3) is 0.368. The summed E-state index contributed by atoms with van der Waals surface area (Å²) in [4.78, 5) is 0. The van der Waals surface area contributed by atoms with Crippen LogP contribution in [0.25, 0.3) is 0 Å². The zero-order valence-electron chi connectivity index (χ0n) is 11.1. The second kappa shape index (κ2) is 11.5. The Hall–Kier alpha value is -1.56. The van der Waals surface area contributed by atoms with Gasteiger partial charge in [0, 0.05) is 0 Å². The van der Waals surface area contributed by atoms with Gasteiger partial charge in [-0.25, -0.2) is 0 Å². The van der Waals surface area contributed by atoms with Crippen LogP contribution >= 0.6 is 0 Å². The predicted molar refractivity (Wildman–Crippen MR) is 89.8 cm³/mol. The lowest BCUT2D eigenvalue weighted by atomic mass is 10.1.